The Morgan fingerprint density at radius 1 is 0.846 bits per heavy atom. The van der Waals surface area contributed by atoms with Crippen LogP contribution in [-0.2, 0) is 0 Å². The summed E-state index contributed by atoms with van der Waals surface area (Å²) in [5.41, 5.74) is 0. The van der Waals surface area contributed by atoms with Crippen molar-refractivity contribution in [2.45, 2.75) is 34.9 Å². The molecule has 0 aromatic heterocycles. The molecule has 0 radical (unpaired) electrons. The molecular weight excluding hydrogens is 250 g/mol. The standard InChI is InChI=1S/C9H12Cl4/c10-8-4-2-5-6(8)1-3-7(5)9(11,12)13/h5-8H,1-4H2. The fourth-order valence-corrected chi connectivity index (χ4v) is 4.19. The van der Waals surface area contributed by atoms with E-state index >= 15 is 0 Å². The van der Waals surface area contributed by atoms with E-state index in [1.54, 1.807) is 0 Å². The van der Waals surface area contributed by atoms with Crippen molar-refractivity contribution in [3.63, 3.8) is 0 Å². The van der Waals surface area contributed by atoms with Gasteiger partial charge in [-0.1, -0.05) is 34.8 Å². The molecule has 2 fully saturated rings. The van der Waals surface area contributed by atoms with Gasteiger partial charge in [-0.25, -0.2) is 0 Å². The van der Waals surface area contributed by atoms with Gasteiger partial charge in [-0.05, 0) is 37.5 Å². The number of halogens is 4. The Morgan fingerprint density at radius 2 is 1.46 bits per heavy atom. The number of hydrogen-bond acceptors (Lipinski definition) is 0. The van der Waals surface area contributed by atoms with E-state index < -0.39 is 3.79 Å². The van der Waals surface area contributed by atoms with Gasteiger partial charge in [0.25, 0.3) is 0 Å². The highest BCUT2D eigenvalue weighted by atomic mass is 35.6. The number of hydrogen-bond donors (Lipinski definition) is 0. The minimum atomic E-state index is -1.08. The molecule has 4 heteroatoms. The van der Waals surface area contributed by atoms with E-state index in [2.05, 4.69) is 0 Å². The monoisotopic (exact) mass is 260 g/mol. The summed E-state index contributed by atoms with van der Waals surface area (Å²) in [7, 11) is 0. The maximum atomic E-state index is 6.20. The third kappa shape index (κ3) is 1.93. The molecule has 76 valence electrons. The first-order valence-electron chi connectivity index (χ1n) is 4.71. The van der Waals surface area contributed by atoms with Gasteiger partial charge >= 0.3 is 0 Å². The molecule has 0 aromatic carbocycles. The zero-order valence-corrected chi connectivity index (χ0v) is 10.2. The molecule has 0 aliphatic heterocycles. The van der Waals surface area contributed by atoms with Crippen molar-refractivity contribution < 1.29 is 0 Å². The normalized spacial score (nSPS) is 45.2. The molecule has 2 aliphatic rings. The van der Waals surface area contributed by atoms with Crippen molar-refractivity contribution in [3.8, 4) is 0 Å². The SMILES string of the molecule is ClC1CCC2C1CCC2C(Cl)(Cl)Cl. The highest BCUT2D eigenvalue weighted by Gasteiger charge is 2.50. The molecule has 0 spiro atoms. The summed E-state index contributed by atoms with van der Waals surface area (Å²) in [6.45, 7) is 0. The molecule has 0 amide bonds. The lowest BCUT2D eigenvalue weighted by Crippen LogP contribution is -2.24. The molecule has 4 atom stereocenters. The van der Waals surface area contributed by atoms with Crippen LogP contribution in [0.5, 0.6) is 0 Å². The van der Waals surface area contributed by atoms with Crippen molar-refractivity contribution >= 4 is 46.4 Å². The van der Waals surface area contributed by atoms with E-state index in [9.17, 15) is 0 Å². The minimum Gasteiger partial charge on any atom is -0.123 e. The third-order valence-corrected chi connectivity index (χ3v) is 4.92. The van der Waals surface area contributed by atoms with Gasteiger partial charge in [-0.2, -0.15) is 0 Å². The minimum absolute atomic E-state index is 0.228. The maximum Gasteiger partial charge on any atom is 0.193 e. The average Bonchev–Trinajstić information content (AvgIpc) is 2.51. The fraction of sp³-hybridized carbons (Fsp3) is 1.00. The zero-order chi connectivity index (χ0) is 9.64. The predicted molar refractivity (Wildman–Crippen MR) is 58.9 cm³/mol. The van der Waals surface area contributed by atoms with Crippen LogP contribution in [-0.4, -0.2) is 9.17 Å². The highest BCUT2D eigenvalue weighted by molar-refractivity contribution is 6.67. The molecule has 0 bridgehead atoms. The second-order valence-electron chi connectivity index (χ2n) is 4.15. The van der Waals surface area contributed by atoms with Crippen LogP contribution in [0, 0.1) is 17.8 Å². The molecule has 0 N–H and O–H groups in total. The van der Waals surface area contributed by atoms with Gasteiger partial charge in [-0.3, -0.25) is 0 Å². The van der Waals surface area contributed by atoms with Crippen LogP contribution in [0.15, 0.2) is 0 Å². The summed E-state index contributed by atoms with van der Waals surface area (Å²) in [6.07, 6.45) is 4.39. The molecule has 2 aliphatic carbocycles. The van der Waals surface area contributed by atoms with Crippen molar-refractivity contribution in [2.75, 3.05) is 0 Å². The summed E-state index contributed by atoms with van der Waals surface area (Å²) in [5, 5.41) is 0.322. The van der Waals surface area contributed by atoms with Crippen LogP contribution >= 0.6 is 46.4 Å². The van der Waals surface area contributed by atoms with Crippen LogP contribution in [0.3, 0.4) is 0 Å². The Bertz CT molecular complexity index is 198. The van der Waals surface area contributed by atoms with E-state index in [0.717, 1.165) is 25.7 Å². The van der Waals surface area contributed by atoms with Gasteiger partial charge in [0, 0.05) is 11.3 Å². The molecular formula is C9H12Cl4. The van der Waals surface area contributed by atoms with E-state index in [1.165, 1.54) is 0 Å². The first-order chi connectivity index (χ1) is 6.00. The van der Waals surface area contributed by atoms with E-state index in [1.807, 2.05) is 0 Å². The van der Waals surface area contributed by atoms with E-state index in [-0.39, 0.29) is 5.92 Å². The second kappa shape index (κ2) is 3.63. The molecule has 0 saturated heterocycles. The third-order valence-electron chi connectivity index (χ3n) is 3.54. The topological polar surface area (TPSA) is 0 Å². The van der Waals surface area contributed by atoms with Gasteiger partial charge in [0.2, 0.25) is 0 Å². The van der Waals surface area contributed by atoms with Crippen LogP contribution in [0.4, 0.5) is 0 Å². The van der Waals surface area contributed by atoms with Gasteiger partial charge in [0.15, 0.2) is 3.79 Å². The smallest absolute Gasteiger partial charge is 0.123 e. The molecule has 2 saturated carbocycles. The van der Waals surface area contributed by atoms with Crippen LogP contribution in [0.1, 0.15) is 25.7 Å². The largest absolute Gasteiger partial charge is 0.193 e. The molecule has 0 nitrogen and oxygen atoms in total. The van der Waals surface area contributed by atoms with Crippen LogP contribution in [0.25, 0.3) is 0 Å². The predicted octanol–water partition coefficient (Wildman–Crippen LogP) is 4.40. The summed E-state index contributed by atoms with van der Waals surface area (Å²) < 4.78 is -1.08. The Labute approximate surface area is 98.9 Å². The van der Waals surface area contributed by atoms with E-state index in [4.69, 9.17) is 46.4 Å². The second-order valence-corrected chi connectivity index (χ2v) is 7.08. The first-order valence-corrected chi connectivity index (χ1v) is 6.28. The molecule has 13 heavy (non-hydrogen) atoms. The van der Waals surface area contributed by atoms with Gasteiger partial charge in [0.05, 0.1) is 0 Å². The average molecular weight is 262 g/mol. The van der Waals surface area contributed by atoms with E-state index in [0.29, 0.717) is 17.2 Å². The Balaban J connectivity index is 2.11. The lowest BCUT2D eigenvalue weighted by atomic mass is 9.93. The molecule has 0 heterocycles. The summed E-state index contributed by atoms with van der Waals surface area (Å²) in [6, 6.07) is 0. The number of fused-ring (bicyclic) bond motifs is 1. The summed E-state index contributed by atoms with van der Waals surface area (Å²) >= 11 is 24.0. The molecule has 2 rings (SSSR count). The molecule has 4 unspecified atom stereocenters. The van der Waals surface area contributed by atoms with Gasteiger partial charge in [-0.15, -0.1) is 11.6 Å². The fourth-order valence-electron chi connectivity index (χ4n) is 2.94. The first kappa shape index (κ1) is 10.7. The van der Waals surface area contributed by atoms with Crippen molar-refractivity contribution in [1.29, 1.82) is 0 Å². The van der Waals surface area contributed by atoms with Crippen molar-refractivity contribution in [2.24, 2.45) is 17.8 Å². The van der Waals surface area contributed by atoms with Gasteiger partial charge < -0.3 is 0 Å². The number of alkyl halides is 4. The zero-order valence-electron chi connectivity index (χ0n) is 7.15. The highest BCUT2D eigenvalue weighted by Crippen LogP contribution is 2.56. The number of rotatable bonds is 0. The summed E-state index contributed by atoms with van der Waals surface area (Å²) in [5.74, 6) is 1.38. The Hall–Kier alpha value is 1.16. The van der Waals surface area contributed by atoms with Crippen LogP contribution < -0.4 is 0 Å². The quantitative estimate of drug-likeness (QED) is 0.567. The van der Waals surface area contributed by atoms with Crippen molar-refractivity contribution in [1.82, 2.24) is 0 Å². The Morgan fingerprint density at radius 3 is 2.08 bits per heavy atom. The van der Waals surface area contributed by atoms with Crippen molar-refractivity contribution in [3.05, 3.63) is 0 Å². The Kier molecular flexibility index (Phi) is 2.98. The lowest BCUT2D eigenvalue weighted by Gasteiger charge is -2.25. The molecule has 0 aromatic rings. The maximum absolute atomic E-state index is 6.20. The van der Waals surface area contributed by atoms with Gasteiger partial charge in [0.1, 0.15) is 0 Å². The summed E-state index contributed by atoms with van der Waals surface area (Å²) in [4.78, 5) is 0. The lowest BCUT2D eigenvalue weighted by molar-refractivity contribution is 0.358. The van der Waals surface area contributed by atoms with Crippen LogP contribution in [0.2, 0.25) is 0 Å².